The van der Waals surface area contributed by atoms with Gasteiger partial charge >= 0.3 is 0 Å². The molecule has 4 rings (SSSR count). The van der Waals surface area contributed by atoms with Gasteiger partial charge in [-0.15, -0.1) is 0 Å². The fourth-order valence-corrected chi connectivity index (χ4v) is 4.35. The molecule has 5 atom stereocenters. The van der Waals surface area contributed by atoms with Crippen LogP contribution in [0.1, 0.15) is 39.0 Å². The number of benzene rings is 2. The third-order valence-electron chi connectivity index (χ3n) is 6.14. The second-order valence-electron chi connectivity index (χ2n) is 8.83. The third kappa shape index (κ3) is 6.40. The van der Waals surface area contributed by atoms with Crippen LogP contribution in [-0.4, -0.2) is 59.5 Å². The minimum Gasteiger partial charge on any atom is -0.491 e. The van der Waals surface area contributed by atoms with Crippen molar-refractivity contribution in [3.05, 3.63) is 54.6 Å². The summed E-state index contributed by atoms with van der Waals surface area (Å²) in [7, 11) is 0. The first kappa shape index (κ1) is 24.3. The highest BCUT2D eigenvalue weighted by Crippen LogP contribution is 2.28. The van der Waals surface area contributed by atoms with Gasteiger partial charge in [0.1, 0.15) is 42.2 Å². The molecule has 2 aliphatic rings. The van der Waals surface area contributed by atoms with Crippen LogP contribution in [0.2, 0.25) is 0 Å². The first-order valence-corrected chi connectivity index (χ1v) is 11.9. The van der Waals surface area contributed by atoms with Crippen molar-refractivity contribution < 1.29 is 34.0 Å². The average Bonchev–Trinajstić information content (AvgIpc) is 2.85. The monoisotopic (exact) mass is 471 g/mol. The molecule has 0 bridgehead atoms. The molecule has 0 spiro atoms. The first-order valence-electron chi connectivity index (χ1n) is 11.9. The molecule has 2 aromatic carbocycles. The zero-order valence-electron chi connectivity index (χ0n) is 19.3. The summed E-state index contributed by atoms with van der Waals surface area (Å²) in [4.78, 5) is 11.8. The second kappa shape index (κ2) is 11.6. The van der Waals surface area contributed by atoms with Gasteiger partial charge in [-0.05, 0) is 62.1 Å². The van der Waals surface area contributed by atoms with Crippen molar-refractivity contribution in [1.29, 1.82) is 0 Å². The fourth-order valence-electron chi connectivity index (χ4n) is 4.35. The predicted molar refractivity (Wildman–Crippen MR) is 125 cm³/mol. The molecule has 1 aliphatic heterocycles. The van der Waals surface area contributed by atoms with Crippen LogP contribution >= 0.6 is 0 Å². The van der Waals surface area contributed by atoms with Crippen molar-refractivity contribution >= 4 is 5.91 Å². The molecule has 2 fully saturated rings. The summed E-state index contributed by atoms with van der Waals surface area (Å²) in [5, 5.41) is 24.2. The largest absolute Gasteiger partial charge is 0.491 e. The van der Waals surface area contributed by atoms with E-state index in [1.165, 1.54) is 26.2 Å². The van der Waals surface area contributed by atoms with E-state index < -0.39 is 30.6 Å². The van der Waals surface area contributed by atoms with Crippen molar-refractivity contribution in [2.75, 3.05) is 6.61 Å². The summed E-state index contributed by atoms with van der Waals surface area (Å²) in [6, 6.07) is 16.2. The van der Waals surface area contributed by atoms with Crippen LogP contribution in [0, 0.1) is 0 Å². The van der Waals surface area contributed by atoms with Gasteiger partial charge in [0.2, 0.25) is 5.91 Å². The molecule has 1 amide bonds. The maximum atomic E-state index is 11.8. The lowest BCUT2D eigenvalue weighted by molar-refractivity contribution is -0.227. The average molecular weight is 472 g/mol. The molecular formula is C26H33NO7. The van der Waals surface area contributed by atoms with Gasteiger partial charge in [0.25, 0.3) is 0 Å². The van der Waals surface area contributed by atoms with Crippen molar-refractivity contribution in [2.24, 2.45) is 0 Å². The highest BCUT2D eigenvalue weighted by atomic mass is 16.6. The number of aliphatic hydroxyl groups is 2. The number of carbonyl (C=O) groups excluding carboxylic acids is 1. The van der Waals surface area contributed by atoms with Gasteiger partial charge in [-0.1, -0.05) is 24.6 Å². The molecule has 1 saturated carbocycles. The van der Waals surface area contributed by atoms with Crippen molar-refractivity contribution in [2.45, 2.75) is 75.8 Å². The summed E-state index contributed by atoms with van der Waals surface area (Å²) >= 11 is 0. The van der Waals surface area contributed by atoms with E-state index in [4.69, 9.17) is 18.9 Å². The Hall–Kier alpha value is -2.81. The predicted octanol–water partition coefficient (Wildman–Crippen LogP) is 2.81. The highest BCUT2D eigenvalue weighted by molar-refractivity contribution is 5.73. The molecule has 0 unspecified atom stereocenters. The van der Waals surface area contributed by atoms with Gasteiger partial charge in [-0.25, -0.2) is 0 Å². The van der Waals surface area contributed by atoms with Crippen LogP contribution < -0.4 is 19.5 Å². The molecule has 0 aromatic heterocycles. The lowest BCUT2D eigenvalue weighted by atomic mass is 9.97. The van der Waals surface area contributed by atoms with Gasteiger partial charge in [-0.3, -0.25) is 4.79 Å². The number of carbonyl (C=O) groups is 1. The number of ether oxygens (including phenoxy) is 4. The number of amides is 1. The molecule has 1 aliphatic carbocycles. The molecule has 1 saturated heterocycles. The van der Waals surface area contributed by atoms with E-state index in [1.54, 1.807) is 24.3 Å². The van der Waals surface area contributed by atoms with Crippen LogP contribution in [0.5, 0.6) is 17.2 Å². The van der Waals surface area contributed by atoms with Gasteiger partial charge in [0.15, 0.2) is 12.3 Å². The van der Waals surface area contributed by atoms with E-state index in [-0.39, 0.29) is 18.6 Å². The molecule has 2 aromatic rings. The van der Waals surface area contributed by atoms with Crippen LogP contribution in [0.25, 0.3) is 0 Å². The molecule has 8 nitrogen and oxygen atoms in total. The Labute approximate surface area is 199 Å². The second-order valence-corrected chi connectivity index (χ2v) is 8.83. The number of para-hydroxylation sites is 1. The number of rotatable bonds is 8. The summed E-state index contributed by atoms with van der Waals surface area (Å²) in [5.41, 5.74) is 0. The lowest BCUT2D eigenvalue weighted by Crippen LogP contribution is -2.65. The molecule has 0 radical (unpaired) electrons. The molecular weight excluding hydrogens is 438 g/mol. The first-order chi connectivity index (χ1) is 16.5. The summed E-state index contributed by atoms with van der Waals surface area (Å²) in [5.74, 6) is 1.49. The lowest BCUT2D eigenvalue weighted by Gasteiger charge is -2.42. The van der Waals surface area contributed by atoms with Gasteiger partial charge in [0, 0.05) is 6.92 Å². The minimum atomic E-state index is -1.31. The van der Waals surface area contributed by atoms with Crippen molar-refractivity contribution in [3.8, 4) is 17.2 Å². The Morgan fingerprint density at radius 3 is 2.21 bits per heavy atom. The third-order valence-corrected chi connectivity index (χ3v) is 6.14. The number of hydrogen-bond donors (Lipinski definition) is 3. The zero-order valence-corrected chi connectivity index (χ0v) is 19.3. The molecule has 3 N–H and O–H groups in total. The fraction of sp³-hybridized carbons (Fsp3) is 0.500. The Bertz CT molecular complexity index is 901. The molecule has 8 heteroatoms. The van der Waals surface area contributed by atoms with Crippen LogP contribution in [0.15, 0.2) is 54.6 Å². The van der Waals surface area contributed by atoms with Crippen LogP contribution in [0.4, 0.5) is 0 Å². The van der Waals surface area contributed by atoms with Crippen molar-refractivity contribution in [3.63, 3.8) is 0 Å². The molecule has 184 valence electrons. The van der Waals surface area contributed by atoms with Crippen LogP contribution in [0.3, 0.4) is 0 Å². The Morgan fingerprint density at radius 2 is 1.56 bits per heavy atom. The van der Waals surface area contributed by atoms with Crippen molar-refractivity contribution in [1.82, 2.24) is 5.32 Å². The van der Waals surface area contributed by atoms with E-state index in [1.807, 2.05) is 30.3 Å². The Kier molecular flexibility index (Phi) is 8.26. The standard InChI is InChI=1S/C26H33NO7/c1-17(28)27-26-25(24(30)23(29)22(34-26)16-31-18-8-4-2-5-9-18)33-21-14-12-20(13-15-21)32-19-10-6-3-7-11-19/h2,4-5,8-9,12-15,19,22-26,29-30H,3,6-7,10-11,16H2,1H3,(H,27,28)/t22-,23-,24+,25-,26-/m1/s1. The van der Waals surface area contributed by atoms with E-state index in [9.17, 15) is 15.0 Å². The van der Waals surface area contributed by atoms with Gasteiger partial charge < -0.3 is 34.5 Å². The van der Waals surface area contributed by atoms with E-state index in [0.717, 1.165) is 18.6 Å². The highest BCUT2D eigenvalue weighted by Gasteiger charge is 2.46. The van der Waals surface area contributed by atoms with Crippen LogP contribution in [-0.2, 0) is 9.53 Å². The number of aliphatic hydroxyl groups excluding tert-OH is 2. The summed E-state index contributed by atoms with van der Waals surface area (Å²) in [6.45, 7) is 1.35. The Morgan fingerprint density at radius 1 is 0.912 bits per heavy atom. The van der Waals surface area contributed by atoms with E-state index in [2.05, 4.69) is 5.32 Å². The number of nitrogens with one attached hydrogen (secondary N) is 1. The SMILES string of the molecule is CC(=O)N[C@@H]1O[C@H](COc2ccccc2)[C@@H](O)[C@H](O)[C@H]1Oc1ccc(OC2CCCCC2)cc1. The molecule has 1 heterocycles. The summed E-state index contributed by atoms with van der Waals surface area (Å²) < 4.78 is 23.6. The molecule has 34 heavy (non-hydrogen) atoms. The topological polar surface area (TPSA) is 106 Å². The van der Waals surface area contributed by atoms with E-state index >= 15 is 0 Å². The van der Waals surface area contributed by atoms with E-state index in [0.29, 0.717) is 11.5 Å². The summed E-state index contributed by atoms with van der Waals surface area (Å²) in [6.07, 6.45) is 0.576. The maximum absolute atomic E-state index is 11.8. The van der Waals surface area contributed by atoms with Gasteiger partial charge in [-0.2, -0.15) is 0 Å². The zero-order chi connectivity index (χ0) is 23.9. The quantitative estimate of drug-likeness (QED) is 0.544. The normalized spacial score (nSPS) is 27.6. The number of hydrogen-bond acceptors (Lipinski definition) is 7. The Balaban J connectivity index is 1.39. The maximum Gasteiger partial charge on any atom is 0.218 e. The minimum absolute atomic E-state index is 0.00174. The smallest absolute Gasteiger partial charge is 0.218 e. The van der Waals surface area contributed by atoms with Gasteiger partial charge in [0.05, 0.1) is 6.10 Å².